The quantitative estimate of drug-likeness (QED) is 0.0587. The minimum absolute atomic E-state index is 0.282. The van der Waals surface area contributed by atoms with Crippen molar-refractivity contribution >= 4 is 0 Å². The zero-order chi connectivity index (χ0) is 87.2. The van der Waals surface area contributed by atoms with Gasteiger partial charge in [0.15, 0.2) is 0 Å². The molecule has 0 aromatic heterocycles. The molecule has 20 unspecified atom stereocenters. The Bertz CT molecular complexity index is 4520. The molecule has 6 bridgehead atoms. The van der Waals surface area contributed by atoms with E-state index in [2.05, 4.69) is 319 Å². The Morgan fingerprint density at radius 3 is 0.976 bits per heavy atom. The number of fused-ring (bicyclic) bond motifs is 24. The molecule has 8 nitrogen and oxygen atoms in total. The molecule has 8 heteroatoms. The van der Waals surface area contributed by atoms with Crippen LogP contribution < -0.4 is 0 Å². The van der Waals surface area contributed by atoms with Crippen LogP contribution in [0.5, 0.6) is 0 Å². The van der Waals surface area contributed by atoms with E-state index in [1.165, 1.54) is 147 Å². The fourth-order valence-electron chi connectivity index (χ4n) is 23.5. The minimum Gasteiger partial charge on any atom is -0.375 e. The van der Waals surface area contributed by atoms with Gasteiger partial charge in [0.05, 0.1) is 98.7 Å². The summed E-state index contributed by atoms with van der Waals surface area (Å²) in [6, 6.07) is 56.5. The molecule has 670 valence electrons. The maximum Gasteiger partial charge on any atom is 0.0723 e. The lowest BCUT2D eigenvalue weighted by Gasteiger charge is -2.33. The van der Waals surface area contributed by atoms with Crippen LogP contribution in [0.25, 0.3) is 22.3 Å². The number of hydrogen-bond donors (Lipinski definition) is 0. The van der Waals surface area contributed by atoms with Crippen molar-refractivity contribution in [3.8, 4) is 22.3 Å². The fraction of sp³-hybridized carbons (Fsp3) is 0.586. The molecule has 0 saturated heterocycles. The van der Waals surface area contributed by atoms with Gasteiger partial charge in [-0.05, 0) is 376 Å². The van der Waals surface area contributed by atoms with Gasteiger partial charge in [-0.1, -0.05) is 243 Å². The Morgan fingerprint density at radius 2 is 0.605 bits per heavy atom. The Labute approximate surface area is 751 Å². The summed E-state index contributed by atoms with van der Waals surface area (Å²) in [4.78, 5) is 0. The third-order valence-electron chi connectivity index (χ3n) is 31.0. The topological polar surface area (TPSA) is 73.8 Å². The lowest BCUT2D eigenvalue weighted by Crippen LogP contribution is -2.34. The van der Waals surface area contributed by atoms with Gasteiger partial charge in [0.2, 0.25) is 0 Å². The van der Waals surface area contributed by atoms with E-state index in [4.69, 9.17) is 37.9 Å². The van der Waals surface area contributed by atoms with E-state index in [0.717, 1.165) is 155 Å². The van der Waals surface area contributed by atoms with Crippen LogP contribution in [0.15, 0.2) is 194 Å². The van der Waals surface area contributed by atoms with Gasteiger partial charge in [-0.2, -0.15) is 0 Å². The summed E-state index contributed by atoms with van der Waals surface area (Å²) in [5, 5.41) is 0. The lowest BCUT2D eigenvalue weighted by atomic mass is 9.80. The number of benzene rings is 7. The molecule has 14 aliphatic carbocycles. The van der Waals surface area contributed by atoms with Gasteiger partial charge in [-0.3, -0.25) is 0 Å². The van der Waals surface area contributed by atoms with Crippen LogP contribution in [0.4, 0.5) is 0 Å². The average molecular weight is 1680 g/mol. The standard InChI is InChI=1S/C18H20O.C17H18O.C15H24O.C14H22O.C14H20O.C13H20O.C13H18O.C12H16O/c1-3-13(2)19-12-15-8-6-10-17-16-9-5-4-7-14(16)11-18(15)17;1-12(2)18-11-14-7-5-9-16-15-8-4-3-6-13(15)10-17(14)16;1-9(2)10(3)16-15-8-11-7-14(15)13-6-4-5-12(11)13;1-3-9(2)15-14-8-10-7-13(14)12-6-4-5-11(10)12;1-10(2)11(3)15-14-8-12-6-4-5-7-13(12)9-14;1-8(2)14-13-7-9-6-12(13)11-5-3-4-10(9)11;1-3-10(2)14-13-8-11-6-4-5-7-12(11)9-13;1-9(2)13-12-7-10-5-3-4-6-11(10)8-12/h4-10,13H,3,11-12H2,1-2H3;3-9,12H,10-11H2,1-2H3;4,6,9-15H,5,7-8H2,1-3H3;4,6,9-14H,3,5,7-8H2,1-2H3;4-7,10-11,14H,8-9H2,1-3H3;3,5,8-13H,4,6-7H2,1-2H3;4-7,10,13H,3,8-9H2,1-2H3;3-6,9,12H,7-8H2,1-2H3. The first kappa shape index (κ1) is 93.6. The Kier molecular flexibility index (Phi) is 33.3. The van der Waals surface area contributed by atoms with Gasteiger partial charge in [-0.15, -0.1) is 0 Å². The second kappa shape index (κ2) is 44.2. The van der Waals surface area contributed by atoms with Crippen LogP contribution in [0, 0.1) is 82.9 Å². The summed E-state index contributed by atoms with van der Waals surface area (Å²) in [6.07, 6.45) is 44.9. The molecule has 7 aromatic carbocycles. The number of ether oxygens (including phenoxy) is 8. The smallest absolute Gasteiger partial charge is 0.0723 e. The molecule has 6 fully saturated rings. The predicted molar refractivity (Wildman–Crippen MR) is 514 cm³/mol. The van der Waals surface area contributed by atoms with E-state index in [1.54, 1.807) is 0 Å². The SMILES string of the molecule is CC(C)C(C)OC1CC2CC1C1C=CCC21.CC(C)C(C)OC1Cc2ccccc2C1.CC(C)OC1CC2CC1C1C=CCC21.CC(C)OC1Cc2ccccc2C1.CC(C)OCc1cccc2c1Cc1ccccc1-2.CCC(C)OC1CC2CC1C1C=CCC21.CCC(C)OC1Cc2ccccc2C1.CCC(C)OCc1cccc2c1Cc1ccccc1-2. The van der Waals surface area contributed by atoms with Crippen LogP contribution in [-0.4, -0.2) is 85.5 Å². The van der Waals surface area contributed by atoms with E-state index in [1.807, 2.05) is 0 Å². The zero-order valence-corrected chi connectivity index (χ0v) is 79.5. The Hall–Kier alpha value is -6.56. The van der Waals surface area contributed by atoms with Crippen LogP contribution in [-0.2, 0) is 102 Å². The van der Waals surface area contributed by atoms with Crippen molar-refractivity contribution in [2.45, 2.75) is 352 Å². The normalized spacial score (nSPS) is 27.4. The van der Waals surface area contributed by atoms with Crippen molar-refractivity contribution in [2.75, 3.05) is 0 Å². The Morgan fingerprint density at radius 1 is 0.282 bits per heavy atom. The monoisotopic (exact) mass is 1680 g/mol. The second-order valence-corrected chi connectivity index (χ2v) is 41.1. The maximum atomic E-state index is 6.28. The third-order valence-corrected chi connectivity index (χ3v) is 31.0. The van der Waals surface area contributed by atoms with Gasteiger partial charge >= 0.3 is 0 Å². The molecule has 21 rings (SSSR count). The van der Waals surface area contributed by atoms with E-state index in [0.29, 0.717) is 91.2 Å². The molecule has 20 atom stereocenters. The van der Waals surface area contributed by atoms with Crippen molar-refractivity contribution in [2.24, 2.45) is 82.9 Å². The highest BCUT2D eigenvalue weighted by atomic mass is 16.5. The van der Waals surface area contributed by atoms with E-state index >= 15 is 0 Å². The largest absolute Gasteiger partial charge is 0.375 e. The number of hydrogen-bond acceptors (Lipinski definition) is 8. The molecule has 0 aliphatic heterocycles. The molecule has 0 heterocycles. The van der Waals surface area contributed by atoms with Crippen molar-refractivity contribution < 1.29 is 37.9 Å². The maximum absolute atomic E-state index is 6.28. The van der Waals surface area contributed by atoms with Crippen LogP contribution in [0.2, 0.25) is 0 Å². The molecular formula is C116H158O8. The fourth-order valence-corrected chi connectivity index (χ4v) is 23.5. The molecule has 0 N–H and O–H groups in total. The van der Waals surface area contributed by atoms with Crippen LogP contribution >= 0.6 is 0 Å². The Balaban J connectivity index is 0.000000116. The van der Waals surface area contributed by atoms with Crippen molar-refractivity contribution in [3.05, 3.63) is 261 Å². The third kappa shape index (κ3) is 23.4. The summed E-state index contributed by atoms with van der Waals surface area (Å²) in [7, 11) is 0. The molecule has 0 amide bonds. The summed E-state index contributed by atoms with van der Waals surface area (Å²) < 4.78 is 47.9. The summed E-state index contributed by atoms with van der Waals surface area (Å²) >= 11 is 0. The van der Waals surface area contributed by atoms with Crippen LogP contribution in [0.3, 0.4) is 0 Å². The highest BCUT2D eigenvalue weighted by Gasteiger charge is 2.56. The molecule has 14 aliphatic rings. The zero-order valence-electron chi connectivity index (χ0n) is 79.5. The second-order valence-electron chi connectivity index (χ2n) is 41.1. The molecule has 0 radical (unpaired) electrons. The van der Waals surface area contributed by atoms with Crippen molar-refractivity contribution in [3.63, 3.8) is 0 Å². The number of rotatable bonds is 23. The summed E-state index contributed by atoms with van der Waals surface area (Å²) in [6.45, 7) is 40.6. The highest BCUT2D eigenvalue weighted by Crippen LogP contribution is 2.60. The van der Waals surface area contributed by atoms with Gasteiger partial charge in [0.25, 0.3) is 0 Å². The van der Waals surface area contributed by atoms with E-state index < -0.39 is 0 Å². The van der Waals surface area contributed by atoms with Gasteiger partial charge in [-0.25, -0.2) is 0 Å². The predicted octanol–water partition coefficient (Wildman–Crippen LogP) is 27.6. The van der Waals surface area contributed by atoms with Gasteiger partial charge in [0.1, 0.15) is 0 Å². The van der Waals surface area contributed by atoms with Gasteiger partial charge < -0.3 is 37.9 Å². The van der Waals surface area contributed by atoms with Crippen molar-refractivity contribution in [1.82, 2.24) is 0 Å². The molecule has 6 saturated carbocycles. The summed E-state index contributed by atoms with van der Waals surface area (Å²) in [5.41, 5.74) is 22.8. The molecule has 124 heavy (non-hydrogen) atoms. The number of allylic oxidation sites excluding steroid dienone is 6. The lowest BCUT2D eigenvalue weighted by molar-refractivity contribution is -0.0631. The highest BCUT2D eigenvalue weighted by molar-refractivity contribution is 5.79. The van der Waals surface area contributed by atoms with Gasteiger partial charge in [0, 0.05) is 0 Å². The summed E-state index contributed by atoms with van der Waals surface area (Å²) in [5.74, 6) is 12.3. The first-order chi connectivity index (χ1) is 60.0. The van der Waals surface area contributed by atoms with Crippen molar-refractivity contribution in [1.29, 1.82) is 0 Å². The molecule has 0 spiro atoms. The van der Waals surface area contributed by atoms with Crippen LogP contribution in [0.1, 0.15) is 268 Å². The molecular weight excluding hydrogens is 1520 g/mol. The van der Waals surface area contributed by atoms with E-state index in [9.17, 15) is 0 Å². The molecule has 7 aromatic rings. The minimum atomic E-state index is 0.282. The average Bonchev–Trinajstić information content (AvgIpc) is 1.60. The van der Waals surface area contributed by atoms with E-state index in [-0.39, 0.29) is 6.10 Å². The first-order valence-electron chi connectivity index (χ1n) is 49.7. The first-order valence-corrected chi connectivity index (χ1v) is 49.7.